The highest BCUT2D eigenvalue weighted by atomic mass is 32.2. The first-order valence-corrected chi connectivity index (χ1v) is 7.04. The molecule has 1 radical (unpaired) electrons. The van der Waals surface area contributed by atoms with Crippen LogP contribution in [-0.2, 0) is 0 Å². The molecule has 0 aliphatic heterocycles. The van der Waals surface area contributed by atoms with Gasteiger partial charge in [0.25, 0.3) is 0 Å². The molecule has 3 rings (SSSR count). The molecule has 0 N–H and O–H groups in total. The maximum Gasteiger partial charge on any atom is 0.179 e. The van der Waals surface area contributed by atoms with Gasteiger partial charge in [-0.15, -0.1) is 11.8 Å². The standard InChI is InChI=1S/C12H11BN5S/c1-13-9-7-18-8(5-16-10(18)6-15-9)12-14-4-3-11(17-12)19-2/h3-7H,1-2H3. The Morgan fingerprint density at radius 2 is 2.11 bits per heavy atom. The molecule has 0 aliphatic carbocycles. The number of rotatable bonds is 3. The van der Waals surface area contributed by atoms with Crippen molar-refractivity contribution in [2.75, 3.05) is 6.26 Å². The molecule has 3 aromatic rings. The molecule has 5 nitrogen and oxygen atoms in total. The van der Waals surface area contributed by atoms with Crippen LogP contribution in [0.5, 0.6) is 0 Å². The molecular weight excluding hydrogens is 257 g/mol. The maximum atomic E-state index is 4.50. The lowest BCUT2D eigenvalue weighted by molar-refractivity contribution is 1.03. The van der Waals surface area contributed by atoms with E-state index < -0.39 is 0 Å². The first-order chi connectivity index (χ1) is 9.31. The first kappa shape index (κ1) is 12.2. The number of fused-ring (bicyclic) bond motifs is 1. The summed E-state index contributed by atoms with van der Waals surface area (Å²) in [4.78, 5) is 17.4. The van der Waals surface area contributed by atoms with Crippen molar-refractivity contribution >= 4 is 30.3 Å². The summed E-state index contributed by atoms with van der Waals surface area (Å²) in [7, 11) is 1.95. The molecule has 0 aliphatic rings. The van der Waals surface area contributed by atoms with Crippen LogP contribution in [0.3, 0.4) is 0 Å². The minimum absolute atomic E-state index is 0.674. The van der Waals surface area contributed by atoms with Crippen LogP contribution in [0.1, 0.15) is 0 Å². The first-order valence-electron chi connectivity index (χ1n) is 5.81. The summed E-state index contributed by atoms with van der Waals surface area (Å²) in [6.07, 6.45) is 9.22. The summed E-state index contributed by atoms with van der Waals surface area (Å²) >= 11 is 1.59. The van der Waals surface area contributed by atoms with Crippen molar-refractivity contribution in [1.82, 2.24) is 24.3 Å². The highest BCUT2D eigenvalue weighted by Gasteiger charge is 2.10. The van der Waals surface area contributed by atoms with Gasteiger partial charge in [0, 0.05) is 18.0 Å². The second-order valence-electron chi connectivity index (χ2n) is 3.90. The SMILES string of the molecule is C[B]c1cn2c(-c3nccc(SC)n3)cnc2cn1. The van der Waals surface area contributed by atoms with Gasteiger partial charge in [-0.2, -0.15) is 0 Å². The van der Waals surface area contributed by atoms with Crippen molar-refractivity contribution < 1.29 is 0 Å². The number of thioether (sulfide) groups is 1. The van der Waals surface area contributed by atoms with Gasteiger partial charge in [-0.05, 0) is 12.3 Å². The molecule has 0 aromatic carbocycles. The lowest BCUT2D eigenvalue weighted by atomic mass is 9.78. The summed E-state index contributed by atoms with van der Waals surface area (Å²) in [5.74, 6) is 0.674. The van der Waals surface area contributed by atoms with Crippen LogP contribution in [0.4, 0.5) is 0 Å². The lowest BCUT2D eigenvalue weighted by Gasteiger charge is -2.03. The van der Waals surface area contributed by atoms with Gasteiger partial charge >= 0.3 is 0 Å². The van der Waals surface area contributed by atoms with E-state index >= 15 is 0 Å². The van der Waals surface area contributed by atoms with Crippen LogP contribution in [-0.4, -0.2) is 37.9 Å². The Bertz CT molecular complexity index is 727. The smallest absolute Gasteiger partial charge is 0.179 e. The van der Waals surface area contributed by atoms with E-state index in [-0.39, 0.29) is 0 Å². The average molecular weight is 268 g/mol. The number of hydrogen-bond donors (Lipinski definition) is 0. The number of aromatic nitrogens is 5. The van der Waals surface area contributed by atoms with E-state index in [2.05, 4.69) is 19.9 Å². The van der Waals surface area contributed by atoms with E-state index in [9.17, 15) is 0 Å². The average Bonchev–Trinajstić information content (AvgIpc) is 2.90. The van der Waals surface area contributed by atoms with Crippen LogP contribution < -0.4 is 5.59 Å². The Balaban J connectivity index is 2.18. The highest BCUT2D eigenvalue weighted by molar-refractivity contribution is 7.98. The molecule has 0 saturated heterocycles. The molecule has 0 atom stereocenters. The Kier molecular flexibility index (Phi) is 3.21. The third-order valence-corrected chi connectivity index (χ3v) is 3.43. The largest absolute Gasteiger partial charge is 0.295 e. The second kappa shape index (κ2) is 5.01. The fourth-order valence-electron chi connectivity index (χ4n) is 1.80. The number of hydrogen-bond acceptors (Lipinski definition) is 5. The zero-order valence-electron chi connectivity index (χ0n) is 10.6. The van der Waals surface area contributed by atoms with E-state index in [1.165, 1.54) is 0 Å². The fourth-order valence-corrected chi connectivity index (χ4v) is 2.17. The summed E-state index contributed by atoms with van der Waals surface area (Å²) in [6.45, 7) is 1.95. The zero-order valence-corrected chi connectivity index (χ0v) is 11.4. The summed E-state index contributed by atoms with van der Waals surface area (Å²) < 4.78 is 1.96. The van der Waals surface area contributed by atoms with E-state index in [1.807, 2.05) is 37.0 Å². The molecular formula is C12H11BN5S. The minimum atomic E-state index is 0.674. The van der Waals surface area contributed by atoms with E-state index in [0.717, 1.165) is 22.0 Å². The molecule has 0 fully saturated rings. The van der Waals surface area contributed by atoms with Gasteiger partial charge in [-0.1, -0.05) is 6.82 Å². The van der Waals surface area contributed by atoms with Crippen molar-refractivity contribution in [3.8, 4) is 11.5 Å². The van der Waals surface area contributed by atoms with Gasteiger partial charge in [0.2, 0.25) is 0 Å². The quantitative estimate of drug-likeness (QED) is 0.407. The molecule has 0 spiro atoms. The third kappa shape index (κ3) is 2.21. The number of nitrogens with zero attached hydrogens (tertiary/aromatic N) is 5. The van der Waals surface area contributed by atoms with Crippen LogP contribution in [0.2, 0.25) is 6.82 Å². The van der Waals surface area contributed by atoms with Crippen molar-refractivity contribution in [3.63, 3.8) is 0 Å². The number of imidazole rings is 1. The lowest BCUT2D eigenvalue weighted by Crippen LogP contribution is -2.17. The summed E-state index contributed by atoms with van der Waals surface area (Å²) in [5.41, 5.74) is 2.56. The van der Waals surface area contributed by atoms with E-state index in [1.54, 1.807) is 30.4 Å². The second-order valence-corrected chi connectivity index (χ2v) is 4.72. The zero-order chi connectivity index (χ0) is 13.2. The molecule has 19 heavy (non-hydrogen) atoms. The normalized spacial score (nSPS) is 10.8. The summed E-state index contributed by atoms with van der Waals surface area (Å²) in [5, 5.41) is 0.941. The van der Waals surface area contributed by atoms with Crippen LogP contribution in [0.15, 0.2) is 35.9 Å². The van der Waals surface area contributed by atoms with Crippen molar-refractivity contribution in [2.45, 2.75) is 11.8 Å². The van der Waals surface area contributed by atoms with Crippen LogP contribution in [0, 0.1) is 0 Å². The van der Waals surface area contributed by atoms with Crippen molar-refractivity contribution in [2.24, 2.45) is 0 Å². The Morgan fingerprint density at radius 1 is 1.21 bits per heavy atom. The van der Waals surface area contributed by atoms with Gasteiger partial charge in [0.15, 0.2) is 18.8 Å². The predicted octanol–water partition coefficient (Wildman–Crippen LogP) is 1.29. The van der Waals surface area contributed by atoms with Gasteiger partial charge in [0.05, 0.1) is 17.4 Å². The van der Waals surface area contributed by atoms with Crippen LogP contribution in [0.25, 0.3) is 17.2 Å². The van der Waals surface area contributed by atoms with E-state index in [0.29, 0.717) is 5.82 Å². The molecule has 93 valence electrons. The predicted molar refractivity (Wildman–Crippen MR) is 77.0 cm³/mol. The van der Waals surface area contributed by atoms with Gasteiger partial charge in [-0.3, -0.25) is 9.38 Å². The third-order valence-electron chi connectivity index (χ3n) is 2.78. The molecule has 7 heteroatoms. The van der Waals surface area contributed by atoms with Crippen molar-refractivity contribution in [1.29, 1.82) is 0 Å². The molecule has 0 bridgehead atoms. The molecule has 0 saturated carbocycles. The van der Waals surface area contributed by atoms with Gasteiger partial charge < -0.3 is 0 Å². The molecule has 0 unspecified atom stereocenters. The van der Waals surface area contributed by atoms with Gasteiger partial charge in [-0.25, -0.2) is 15.0 Å². The molecule has 0 amide bonds. The molecule has 3 aromatic heterocycles. The topological polar surface area (TPSA) is 56.0 Å². The fraction of sp³-hybridized carbons (Fsp3) is 0.167. The monoisotopic (exact) mass is 268 g/mol. The highest BCUT2D eigenvalue weighted by Crippen LogP contribution is 2.18. The Morgan fingerprint density at radius 3 is 2.89 bits per heavy atom. The Labute approximate surface area is 115 Å². The van der Waals surface area contributed by atoms with Crippen molar-refractivity contribution in [3.05, 3.63) is 30.9 Å². The minimum Gasteiger partial charge on any atom is -0.295 e. The summed E-state index contributed by atoms with van der Waals surface area (Å²) in [6, 6.07) is 1.89. The van der Waals surface area contributed by atoms with E-state index in [4.69, 9.17) is 0 Å². The maximum absolute atomic E-state index is 4.50. The Hall–Kier alpha value is -1.89. The molecule has 3 heterocycles. The van der Waals surface area contributed by atoms with Gasteiger partial charge in [0.1, 0.15) is 5.69 Å². The van der Waals surface area contributed by atoms with Crippen LogP contribution >= 0.6 is 11.8 Å².